The van der Waals surface area contributed by atoms with Crippen LogP contribution in [0.1, 0.15) is 19.7 Å². The number of ketones is 1. The highest BCUT2D eigenvalue weighted by atomic mass is 16.5. The third-order valence-electron chi connectivity index (χ3n) is 2.25. The molecular weight excluding hydrogens is 220 g/mol. The van der Waals surface area contributed by atoms with Crippen LogP contribution in [0.2, 0.25) is 0 Å². The summed E-state index contributed by atoms with van der Waals surface area (Å²) < 4.78 is 5.00. The molecule has 0 radical (unpaired) electrons. The molecule has 0 aliphatic rings. The Kier molecular flexibility index (Phi) is 3.22. The van der Waals surface area contributed by atoms with Crippen molar-refractivity contribution in [3.05, 3.63) is 24.5 Å². The number of rotatable bonds is 4. The maximum Gasteiger partial charge on any atom is 0.234 e. The summed E-state index contributed by atoms with van der Waals surface area (Å²) in [5.74, 6) is 0.726. The summed E-state index contributed by atoms with van der Waals surface area (Å²) in [6, 6.07) is 1.68. The van der Waals surface area contributed by atoms with Gasteiger partial charge in [0.25, 0.3) is 0 Å². The van der Waals surface area contributed by atoms with Gasteiger partial charge in [0, 0.05) is 12.1 Å². The van der Waals surface area contributed by atoms with Crippen LogP contribution in [0.15, 0.2) is 23.1 Å². The third-order valence-corrected chi connectivity index (χ3v) is 2.25. The second kappa shape index (κ2) is 4.82. The van der Waals surface area contributed by atoms with Gasteiger partial charge in [-0.05, 0) is 6.07 Å². The molecule has 6 heteroatoms. The van der Waals surface area contributed by atoms with Gasteiger partial charge in [0.05, 0.1) is 6.42 Å². The zero-order chi connectivity index (χ0) is 12.3. The van der Waals surface area contributed by atoms with Gasteiger partial charge in [-0.2, -0.15) is 4.98 Å². The molecule has 0 atom stereocenters. The minimum atomic E-state index is -0.0376. The van der Waals surface area contributed by atoms with Crippen molar-refractivity contribution in [2.24, 2.45) is 5.92 Å². The number of hydrogen-bond donors (Lipinski definition) is 0. The van der Waals surface area contributed by atoms with Crippen LogP contribution in [-0.2, 0) is 11.2 Å². The Hall–Kier alpha value is -2.11. The van der Waals surface area contributed by atoms with Gasteiger partial charge < -0.3 is 4.52 Å². The first-order valence-corrected chi connectivity index (χ1v) is 5.28. The minimum absolute atomic E-state index is 0.0376. The molecule has 0 amide bonds. The molecule has 0 unspecified atom stereocenters. The Balaban J connectivity index is 2.14. The molecule has 0 bridgehead atoms. The Bertz CT molecular complexity index is 507. The van der Waals surface area contributed by atoms with Gasteiger partial charge in [0.2, 0.25) is 11.7 Å². The van der Waals surface area contributed by atoms with Crippen molar-refractivity contribution in [2.45, 2.75) is 20.3 Å². The van der Waals surface area contributed by atoms with Crippen LogP contribution in [0.3, 0.4) is 0 Å². The van der Waals surface area contributed by atoms with Crippen LogP contribution in [-0.4, -0.2) is 25.9 Å². The molecule has 0 fully saturated rings. The highest BCUT2D eigenvalue weighted by Gasteiger charge is 2.15. The van der Waals surface area contributed by atoms with Crippen LogP contribution < -0.4 is 0 Å². The number of carbonyl (C=O) groups excluding carboxylic acids is 1. The second-order valence-corrected chi connectivity index (χ2v) is 3.90. The van der Waals surface area contributed by atoms with Gasteiger partial charge in [-0.25, -0.2) is 9.97 Å². The summed E-state index contributed by atoms with van der Waals surface area (Å²) in [6.07, 6.45) is 3.16. The van der Waals surface area contributed by atoms with Gasteiger partial charge in [0.1, 0.15) is 17.8 Å². The molecule has 0 aliphatic heterocycles. The molecule has 2 aromatic rings. The van der Waals surface area contributed by atoms with E-state index < -0.39 is 0 Å². The van der Waals surface area contributed by atoms with E-state index in [0.717, 1.165) is 0 Å². The topological polar surface area (TPSA) is 81.8 Å². The molecule has 2 aromatic heterocycles. The maximum absolute atomic E-state index is 11.5. The predicted octanol–water partition coefficient (Wildman–Crippen LogP) is 1.29. The standard InChI is InChI=1S/C11H12N4O2/c1-7(2)9(16)5-10-14-11(15-17-10)8-3-4-12-6-13-8/h3-4,6-7H,5H2,1-2H3. The largest absolute Gasteiger partial charge is 0.338 e. The lowest BCUT2D eigenvalue weighted by Gasteiger charge is -1.98. The fourth-order valence-electron chi connectivity index (χ4n) is 1.21. The van der Waals surface area contributed by atoms with Crippen molar-refractivity contribution in [1.29, 1.82) is 0 Å². The molecule has 0 aromatic carbocycles. The summed E-state index contributed by atoms with van der Waals surface area (Å²) in [7, 11) is 0. The zero-order valence-corrected chi connectivity index (χ0v) is 9.62. The van der Waals surface area contributed by atoms with Crippen molar-refractivity contribution in [2.75, 3.05) is 0 Å². The third kappa shape index (κ3) is 2.72. The fraction of sp³-hybridized carbons (Fsp3) is 0.364. The van der Waals surface area contributed by atoms with Crippen LogP contribution in [0, 0.1) is 5.92 Å². The van der Waals surface area contributed by atoms with Crippen LogP contribution in [0.25, 0.3) is 11.5 Å². The van der Waals surface area contributed by atoms with E-state index in [1.54, 1.807) is 12.3 Å². The van der Waals surface area contributed by atoms with Crippen LogP contribution in [0.4, 0.5) is 0 Å². The van der Waals surface area contributed by atoms with Crippen molar-refractivity contribution in [3.8, 4) is 11.5 Å². The predicted molar refractivity (Wildman–Crippen MR) is 58.9 cm³/mol. The van der Waals surface area contributed by atoms with E-state index in [9.17, 15) is 4.79 Å². The second-order valence-electron chi connectivity index (χ2n) is 3.90. The normalized spacial score (nSPS) is 10.8. The molecule has 88 valence electrons. The van der Waals surface area contributed by atoms with Gasteiger partial charge in [0.15, 0.2) is 0 Å². The van der Waals surface area contributed by atoms with E-state index in [1.165, 1.54) is 6.33 Å². The molecule has 17 heavy (non-hydrogen) atoms. The van der Waals surface area contributed by atoms with Crippen molar-refractivity contribution in [3.63, 3.8) is 0 Å². The van der Waals surface area contributed by atoms with Gasteiger partial charge >= 0.3 is 0 Å². The van der Waals surface area contributed by atoms with Crippen molar-refractivity contribution >= 4 is 5.78 Å². The maximum atomic E-state index is 11.5. The number of nitrogens with zero attached hydrogens (tertiary/aromatic N) is 4. The quantitative estimate of drug-likeness (QED) is 0.790. The van der Waals surface area contributed by atoms with Crippen molar-refractivity contribution < 1.29 is 9.32 Å². The monoisotopic (exact) mass is 232 g/mol. The van der Waals surface area contributed by atoms with Crippen LogP contribution >= 0.6 is 0 Å². The van der Waals surface area contributed by atoms with E-state index in [4.69, 9.17) is 4.52 Å². The number of Topliss-reactive ketones (excluding diaryl/α,β-unsaturated/α-hetero) is 1. The first-order valence-electron chi connectivity index (χ1n) is 5.28. The lowest BCUT2D eigenvalue weighted by molar-refractivity contribution is -0.121. The molecule has 2 heterocycles. The first-order chi connectivity index (χ1) is 8.16. The van der Waals surface area contributed by atoms with Crippen molar-refractivity contribution in [1.82, 2.24) is 20.1 Å². The van der Waals surface area contributed by atoms with Gasteiger partial charge in [-0.1, -0.05) is 19.0 Å². The summed E-state index contributed by atoms with van der Waals surface area (Å²) in [4.78, 5) is 23.4. The summed E-state index contributed by atoms with van der Waals surface area (Å²) in [6.45, 7) is 3.67. The average molecular weight is 232 g/mol. The molecule has 6 nitrogen and oxygen atoms in total. The molecule has 0 saturated heterocycles. The lowest BCUT2D eigenvalue weighted by atomic mass is 10.1. The highest BCUT2D eigenvalue weighted by molar-refractivity contribution is 5.81. The van der Waals surface area contributed by atoms with E-state index in [-0.39, 0.29) is 18.1 Å². The summed E-state index contributed by atoms with van der Waals surface area (Å²) in [5.41, 5.74) is 0.576. The van der Waals surface area contributed by atoms with E-state index in [1.807, 2.05) is 13.8 Å². The molecule has 0 N–H and O–H groups in total. The van der Waals surface area contributed by atoms with E-state index in [2.05, 4.69) is 20.1 Å². The Labute approximate surface area is 98.1 Å². The SMILES string of the molecule is CC(C)C(=O)Cc1nc(-c2ccncn2)no1. The fourth-order valence-corrected chi connectivity index (χ4v) is 1.21. The van der Waals surface area contributed by atoms with Gasteiger partial charge in [-0.3, -0.25) is 4.79 Å². The van der Waals surface area contributed by atoms with Gasteiger partial charge in [-0.15, -0.1) is 0 Å². The van der Waals surface area contributed by atoms with E-state index in [0.29, 0.717) is 17.4 Å². The molecule has 0 saturated carbocycles. The summed E-state index contributed by atoms with van der Waals surface area (Å²) in [5, 5.41) is 3.77. The number of carbonyl (C=O) groups is 1. The Morgan fingerprint density at radius 3 is 2.94 bits per heavy atom. The Morgan fingerprint density at radius 2 is 2.29 bits per heavy atom. The summed E-state index contributed by atoms with van der Waals surface area (Å²) >= 11 is 0. The molecular formula is C11H12N4O2. The molecule has 2 rings (SSSR count). The smallest absolute Gasteiger partial charge is 0.234 e. The number of hydrogen-bond acceptors (Lipinski definition) is 6. The molecule has 0 spiro atoms. The minimum Gasteiger partial charge on any atom is -0.338 e. The first kappa shape index (κ1) is 11.4. The average Bonchev–Trinajstić information content (AvgIpc) is 2.78. The van der Waals surface area contributed by atoms with E-state index >= 15 is 0 Å². The lowest BCUT2D eigenvalue weighted by Crippen LogP contribution is -2.10. The molecule has 0 aliphatic carbocycles. The van der Waals surface area contributed by atoms with Crippen LogP contribution in [0.5, 0.6) is 0 Å². The zero-order valence-electron chi connectivity index (χ0n) is 9.62. The highest BCUT2D eigenvalue weighted by Crippen LogP contribution is 2.12. The Morgan fingerprint density at radius 1 is 1.47 bits per heavy atom. The number of aromatic nitrogens is 4.